The average Bonchev–Trinajstić information content (AvgIpc) is 3.10. The number of aromatic nitrogens is 2. The molecule has 29 heavy (non-hydrogen) atoms. The molecule has 4 nitrogen and oxygen atoms in total. The zero-order valence-corrected chi connectivity index (χ0v) is 20.2. The smallest absolute Gasteiger partial charge is 0.267 e. The zero-order valence-electron chi connectivity index (χ0n) is 17.1. The molecule has 0 fully saturated rings. The van der Waals surface area contributed by atoms with Gasteiger partial charge in [0.15, 0.2) is 0 Å². The normalized spacial score (nSPS) is 11.8. The quantitative estimate of drug-likeness (QED) is 0.331. The largest absolute Gasteiger partial charge is 1.00 e. The first kappa shape index (κ1) is 26.0. The third-order valence-electron chi connectivity index (χ3n) is 5.06. The number of unbranched alkanes of at least 4 members (excludes halogenated alkanes) is 8. The lowest BCUT2D eigenvalue weighted by Crippen LogP contribution is -3.00. The highest BCUT2D eigenvalue weighted by atomic mass is 79.9. The van der Waals surface area contributed by atoms with E-state index in [9.17, 15) is 4.79 Å². The molecule has 0 aliphatic carbocycles. The zero-order chi connectivity index (χ0) is 20.4. The van der Waals surface area contributed by atoms with Gasteiger partial charge in [0.2, 0.25) is 12.4 Å². The Bertz CT molecular complexity index is 751. The number of aryl methyl sites for hydroxylation is 1. The van der Waals surface area contributed by atoms with Crippen molar-refractivity contribution >= 4 is 29.1 Å². The second-order valence-electron chi connectivity index (χ2n) is 7.40. The van der Waals surface area contributed by atoms with Crippen LogP contribution in [0.15, 0.2) is 36.9 Å². The SMILES string of the molecule is CCCCCCCCCCC[n+]1ccn(C(C(N)=O)c2ccc(Cl)cc2Cl)c1.[Br-]. The van der Waals surface area contributed by atoms with E-state index in [0.29, 0.717) is 15.6 Å². The first-order chi connectivity index (χ1) is 13.5. The van der Waals surface area contributed by atoms with Crippen molar-refractivity contribution in [1.29, 1.82) is 0 Å². The van der Waals surface area contributed by atoms with Crippen LogP contribution in [0.3, 0.4) is 0 Å². The maximum atomic E-state index is 12.1. The van der Waals surface area contributed by atoms with Gasteiger partial charge in [0.25, 0.3) is 5.91 Å². The van der Waals surface area contributed by atoms with Gasteiger partial charge >= 0.3 is 0 Å². The molecule has 1 amide bonds. The molecular weight excluding hydrogens is 473 g/mol. The van der Waals surface area contributed by atoms with Gasteiger partial charge in [-0.15, -0.1) is 0 Å². The lowest BCUT2D eigenvalue weighted by atomic mass is 10.1. The fraction of sp³-hybridized carbons (Fsp3) is 0.545. The fourth-order valence-corrected chi connectivity index (χ4v) is 4.00. The number of carbonyl (C=O) groups excluding carboxylic acids is 1. The average molecular weight is 505 g/mol. The number of benzene rings is 1. The molecule has 2 aromatic rings. The summed E-state index contributed by atoms with van der Waals surface area (Å²) in [5, 5.41) is 0.973. The molecule has 162 valence electrons. The van der Waals surface area contributed by atoms with E-state index in [1.54, 1.807) is 18.2 Å². The molecule has 0 spiro atoms. The van der Waals surface area contributed by atoms with Crippen molar-refractivity contribution in [2.75, 3.05) is 0 Å². The van der Waals surface area contributed by atoms with Gasteiger partial charge in [-0.2, -0.15) is 0 Å². The molecule has 0 aliphatic heterocycles. The molecule has 0 aliphatic rings. The van der Waals surface area contributed by atoms with E-state index in [-0.39, 0.29) is 17.0 Å². The second kappa shape index (κ2) is 14.1. The maximum absolute atomic E-state index is 12.1. The Morgan fingerprint density at radius 1 is 1.07 bits per heavy atom. The van der Waals surface area contributed by atoms with Crippen LogP contribution in [0, 0.1) is 0 Å². The van der Waals surface area contributed by atoms with E-state index in [2.05, 4.69) is 11.5 Å². The molecule has 0 radical (unpaired) electrons. The second-order valence-corrected chi connectivity index (χ2v) is 8.24. The molecular formula is C22H32BrCl2N3O. The summed E-state index contributed by atoms with van der Waals surface area (Å²) in [6.45, 7) is 3.18. The lowest BCUT2D eigenvalue weighted by Gasteiger charge is -2.12. The Kier molecular flexibility index (Phi) is 12.6. The third kappa shape index (κ3) is 8.69. The van der Waals surface area contributed by atoms with Crippen LogP contribution in [0.4, 0.5) is 0 Å². The van der Waals surface area contributed by atoms with Gasteiger partial charge < -0.3 is 22.7 Å². The summed E-state index contributed by atoms with van der Waals surface area (Å²) in [6.07, 6.45) is 17.5. The van der Waals surface area contributed by atoms with Crippen LogP contribution in [0.5, 0.6) is 0 Å². The predicted octanol–water partition coefficient (Wildman–Crippen LogP) is 2.69. The highest BCUT2D eigenvalue weighted by Crippen LogP contribution is 2.28. The molecule has 0 saturated carbocycles. The Morgan fingerprint density at radius 3 is 2.28 bits per heavy atom. The van der Waals surface area contributed by atoms with Crippen molar-refractivity contribution in [3.63, 3.8) is 0 Å². The summed E-state index contributed by atoms with van der Waals surface area (Å²) in [5.74, 6) is -0.449. The van der Waals surface area contributed by atoms with Gasteiger partial charge in [-0.05, 0) is 25.0 Å². The molecule has 0 saturated heterocycles. The van der Waals surface area contributed by atoms with E-state index in [4.69, 9.17) is 28.9 Å². The summed E-state index contributed by atoms with van der Waals surface area (Å²) < 4.78 is 3.91. The number of imidazole rings is 1. The minimum atomic E-state index is -0.644. The number of amides is 1. The van der Waals surface area contributed by atoms with Crippen LogP contribution >= 0.6 is 23.2 Å². The van der Waals surface area contributed by atoms with Gasteiger partial charge in [0, 0.05) is 10.6 Å². The van der Waals surface area contributed by atoms with Gasteiger partial charge in [0.1, 0.15) is 12.4 Å². The highest BCUT2D eigenvalue weighted by molar-refractivity contribution is 6.35. The van der Waals surface area contributed by atoms with Crippen LogP contribution in [0.1, 0.15) is 76.3 Å². The molecule has 2 rings (SSSR count). The fourth-order valence-electron chi connectivity index (χ4n) is 3.48. The van der Waals surface area contributed by atoms with Crippen LogP contribution < -0.4 is 27.3 Å². The van der Waals surface area contributed by atoms with E-state index in [1.165, 1.54) is 51.4 Å². The molecule has 1 unspecified atom stereocenters. The van der Waals surface area contributed by atoms with Crippen LogP contribution in [-0.2, 0) is 11.3 Å². The van der Waals surface area contributed by atoms with E-state index in [1.807, 2.05) is 23.3 Å². The highest BCUT2D eigenvalue weighted by Gasteiger charge is 2.27. The first-order valence-electron chi connectivity index (χ1n) is 10.3. The van der Waals surface area contributed by atoms with Crippen LogP contribution in [0.2, 0.25) is 10.0 Å². The molecule has 1 heterocycles. The first-order valence-corrected chi connectivity index (χ1v) is 11.1. The standard InChI is InChI=1S/C22H31Cl2N3O.BrH/c1-2-3-4-5-6-7-8-9-10-13-26-14-15-27(17-26)21(22(25)28)19-12-11-18(23)16-20(19)24;/h11-12,14-17,21H,2-10,13H2,1H3,(H-,25,28);1H. The number of nitrogens with two attached hydrogens (primary N) is 1. The maximum Gasteiger partial charge on any atom is 0.267 e. The Labute approximate surface area is 195 Å². The Balaban J connectivity index is 0.00000420. The van der Waals surface area contributed by atoms with E-state index >= 15 is 0 Å². The summed E-state index contributed by atoms with van der Waals surface area (Å²) >= 11 is 12.2. The molecule has 1 aromatic heterocycles. The van der Waals surface area contributed by atoms with E-state index in [0.717, 1.165) is 13.0 Å². The predicted molar refractivity (Wildman–Crippen MR) is 116 cm³/mol. The van der Waals surface area contributed by atoms with Gasteiger partial charge in [-0.25, -0.2) is 9.13 Å². The molecule has 0 bridgehead atoms. The van der Waals surface area contributed by atoms with Gasteiger partial charge in [-0.3, -0.25) is 4.79 Å². The number of nitrogens with zero attached hydrogens (tertiary/aromatic N) is 2. The molecule has 1 aromatic carbocycles. The minimum absolute atomic E-state index is 0. The van der Waals surface area contributed by atoms with Gasteiger partial charge in [0.05, 0.1) is 11.6 Å². The number of hydrogen-bond donors (Lipinski definition) is 1. The summed E-state index contributed by atoms with van der Waals surface area (Å²) in [5.41, 5.74) is 6.31. The number of carbonyl (C=O) groups is 1. The van der Waals surface area contributed by atoms with Crippen molar-refractivity contribution in [2.45, 2.75) is 77.3 Å². The van der Waals surface area contributed by atoms with Crippen molar-refractivity contribution < 1.29 is 26.3 Å². The number of halogens is 3. The number of hydrogen-bond acceptors (Lipinski definition) is 1. The van der Waals surface area contributed by atoms with Crippen molar-refractivity contribution in [3.8, 4) is 0 Å². The van der Waals surface area contributed by atoms with Crippen molar-refractivity contribution in [3.05, 3.63) is 52.5 Å². The van der Waals surface area contributed by atoms with Crippen LogP contribution in [0.25, 0.3) is 0 Å². The summed E-state index contributed by atoms with van der Waals surface area (Å²) in [6, 6.07) is 4.46. The summed E-state index contributed by atoms with van der Waals surface area (Å²) in [7, 11) is 0. The topological polar surface area (TPSA) is 51.9 Å². The molecule has 1 atom stereocenters. The minimum Gasteiger partial charge on any atom is -1.00 e. The third-order valence-corrected chi connectivity index (χ3v) is 5.62. The van der Waals surface area contributed by atoms with Crippen LogP contribution in [-0.4, -0.2) is 10.5 Å². The lowest BCUT2D eigenvalue weighted by molar-refractivity contribution is -0.697. The molecule has 7 heteroatoms. The van der Waals surface area contributed by atoms with Crippen molar-refractivity contribution in [2.24, 2.45) is 5.73 Å². The van der Waals surface area contributed by atoms with Crippen molar-refractivity contribution in [1.82, 2.24) is 4.57 Å². The molecule has 2 N–H and O–H groups in total. The monoisotopic (exact) mass is 503 g/mol. The summed E-state index contributed by atoms with van der Waals surface area (Å²) in [4.78, 5) is 12.1. The number of rotatable bonds is 13. The van der Waals surface area contributed by atoms with Gasteiger partial charge in [-0.1, -0.05) is 81.1 Å². The van der Waals surface area contributed by atoms with E-state index < -0.39 is 11.9 Å². The Morgan fingerprint density at radius 2 is 1.69 bits per heavy atom. The number of primary amides is 1. The Hall–Kier alpha value is -1.04.